The number of nitrogen functional groups attached to an aromatic ring is 1. The van der Waals surface area contributed by atoms with Gasteiger partial charge < -0.3 is 10.6 Å². The first-order chi connectivity index (χ1) is 10.2. The highest BCUT2D eigenvalue weighted by Crippen LogP contribution is 2.22. The van der Waals surface area contributed by atoms with Gasteiger partial charge in [-0.3, -0.25) is 4.99 Å². The quantitative estimate of drug-likeness (QED) is 0.871. The van der Waals surface area contributed by atoms with Gasteiger partial charge in [0.1, 0.15) is 0 Å². The fourth-order valence-electron chi connectivity index (χ4n) is 2.51. The summed E-state index contributed by atoms with van der Waals surface area (Å²) in [5.74, 6) is 0. The minimum atomic E-state index is 0.321. The third kappa shape index (κ3) is 2.97. The molecule has 0 radical (unpaired) electrons. The molecule has 1 aliphatic rings. The minimum Gasteiger partial charge on any atom is -0.399 e. The van der Waals surface area contributed by atoms with Crippen molar-refractivity contribution in [1.82, 2.24) is 4.90 Å². The maximum atomic E-state index is 5.74. The van der Waals surface area contributed by atoms with Crippen LogP contribution in [0, 0.1) is 0 Å². The fourth-order valence-corrected chi connectivity index (χ4v) is 2.51. The molecule has 0 bridgehead atoms. The molecule has 21 heavy (non-hydrogen) atoms. The van der Waals surface area contributed by atoms with Gasteiger partial charge in [0.05, 0.1) is 18.3 Å². The third-order valence-corrected chi connectivity index (χ3v) is 3.84. The summed E-state index contributed by atoms with van der Waals surface area (Å²) in [6, 6.07) is 18.7. The van der Waals surface area contributed by atoms with E-state index in [-0.39, 0.29) is 0 Å². The Bertz CT molecular complexity index is 657. The SMILES string of the molecule is CC(c1ccccc1)N1C=CN=C(c2ccc(N)cc2)C1. The first-order valence-corrected chi connectivity index (χ1v) is 7.14. The Labute approximate surface area is 125 Å². The van der Waals surface area contributed by atoms with E-state index in [2.05, 4.69) is 47.3 Å². The molecule has 1 atom stereocenters. The van der Waals surface area contributed by atoms with Crippen LogP contribution in [-0.4, -0.2) is 17.2 Å². The summed E-state index contributed by atoms with van der Waals surface area (Å²) in [6.45, 7) is 3.02. The van der Waals surface area contributed by atoms with Crippen molar-refractivity contribution in [2.75, 3.05) is 12.3 Å². The second kappa shape index (κ2) is 5.83. The number of aliphatic imine (C=N–C) groups is 1. The zero-order chi connectivity index (χ0) is 14.7. The maximum absolute atomic E-state index is 5.74. The van der Waals surface area contributed by atoms with E-state index in [9.17, 15) is 0 Å². The number of nitrogens with zero attached hydrogens (tertiary/aromatic N) is 2. The minimum absolute atomic E-state index is 0.321. The summed E-state index contributed by atoms with van der Waals surface area (Å²) in [4.78, 5) is 6.81. The van der Waals surface area contributed by atoms with E-state index in [1.165, 1.54) is 5.56 Å². The predicted octanol–water partition coefficient (Wildman–Crippen LogP) is 3.61. The molecular formula is C18H19N3. The van der Waals surface area contributed by atoms with E-state index in [4.69, 9.17) is 5.73 Å². The van der Waals surface area contributed by atoms with E-state index >= 15 is 0 Å². The van der Waals surface area contributed by atoms with Crippen molar-refractivity contribution in [2.45, 2.75) is 13.0 Å². The van der Waals surface area contributed by atoms with Gasteiger partial charge in [0, 0.05) is 18.1 Å². The molecule has 3 rings (SSSR count). The highest BCUT2D eigenvalue weighted by molar-refractivity contribution is 6.03. The van der Waals surface area contributed by atoms with Crippen LogP contribution in [0.25, 0.3) is 0 Å². The number of rotatable bonds is 3. The fraction of sp³-hybridized carbons (Fsp3) is 0.167. The summed E-state index contributed by atoms with van der Waals surface area (Å²) >= 11 is 0. The van der Waals surface area contributed by atoms with Gasteiger partial charge in [0.15, 0.2) is 0 Å². The van der Waals surface area contributed by atoms with Crippen molar-refractivity contribution in [2.24, 2.45) is 4.99 Å². The molecule has 0 fully saturated rings. The molecule has 2 aromatic rings. The van der Waals surface area contributed by atoms with Crippen LogP contribution < -0.4 is 5.73 Å². The van der Waals surface area contributed by atoms with E-state index in [1.807, 2.05) is 36.5 Å². The molecule has 1 aliphatic heterocycles. The number of nitrogens with two attached hydrogens (primary N) is 1. The number of hydrogen-bond donors (Lipinski definition) is 1. The molecule has 0 amide bonds. The van der Waals surface area contributed by atoms with E-state index in [1.54, 1.807) is 0 Å². The van der Waals surface area contributed by atoms with Gasteiger partial charge in [-0.05, 0) is 30.2 Å². The average Bonchev–Trinajstić information content (AvgIpc) is 2.56. The lowest BCUT2D eigenvalue weighted by Crippen LogP contribution is -2.30. The van der Waals surface area contributed by atoms with Gasteiger partial charge in [-0.25, -0.2) is 0 Å². The summed E-state index contributed by atoms with van der Waals surface area (Å²) in [6.07, 6.45) is 3.92. The Morgan fingerprint density at radius 3 is 2.48 bits per heavy atom. The molecule has 2 aromatic carbocycles. The van der Waals surface area contributed by atoms with Gasteiger partial charge in [-0.2, -0.15) is 0 Å². The Hall–Kier alpha value is -2.55. The second-order valence-electron chi connectivity index (χ2n) is 5.25. The lowest BCUT2D eigenvalue weighted by molar-refractivity contribution is 0.333. The summed E-state index contributed by atoms with van der Waals surface area (Å²) < 4.78 is 0. The lowest BCUT2D eigenvalue weighted by atomic mass is 10.0. The molecule has 1 heterocycles. The average molecular weight is 277 g/mol. The molecule has 0 saturated carbocycles. The largest absolute Gasteiger partial charge is 0.399 e. The summed E-state index contributed by atoms with van der Waals surface area (Å²) in [5, 5.41) is 0. The number of hydrogen-bond acceptors (Lipinski definition) is 3. The van der Waals surface area contributed by atoms with E-state index < -0.39 is 0 Å². The molecular weight excluding hydrogens is 258 g/mol. The zero-order valence-corrected chi connectivity index (χ0v) is 12.1. The lowest BCUT2D eigenvalue weighted by Gasteiger charge is -2.30. The topological polar surface area (TPSA) is 41.6 Å². The summed E-state index contributed by atoms with van der Waals surface area (Å²) in [7, 11) is 0. The molecule has 3 heteroatoms. The van der Waals surface area contributed by atoms with Crippen LogP contribution in [0.3, 0.4) is 0 Å². The van der Waals surface area contributed by atoms with Gasteiger partial charge >= 0.3 is 0 Å². The monoisotopic (exact) mass is 277 g/mol. The van der Waals surface area contributed by atoms with Gasteiger partial charge in [-0.15, -0.1) is 0 Å². The van der Waals surface area contributed by atoms with Crippen LogP contribution in [0.15, 0.2) is 72.0 Å². The maximum Gasteiger partial charge on any atom is 0.0669 e. The Morgan fingerprint density at radius 2 is 1.76 bits per heavy atom. The smallest absolute Gasteiger partial charge is 0.0669 e. The molecule has 2 N–H and O–H groups in total. The number of anilines is 1. The van der Waals surface area contributed by atoms with Crippen molar-refractivity contribution in [3.8, 4) is 0 Å². The Kier molecular flexibility index (Phi) is 3.73. The zero-order valence-electron chi connectivity index (χ0n) is 12.1. The van der Waals surface area contributed by atoms with Crippen molar-refractivity contribution in [3.63, 3.8) is 0 Å². The van der Waals surface area contributed by atoms with Crippen LogP contribution in [0.5, 0.6) is 0 Å². The van der Waals surface area contributed by atoms with Gasteiger partial charge in [-0.1, -0.05) is 42.5 Å². The van der Waals surface area contributed by atoms with Crippen LogP contribution >= 0.6 is 0 Å². The van der Waals surface area contributed by atoms with Crippen LogP contribution in [-0.2, 0) is 0 Å². The first kappa shape index (κ1) is 13.4. The Balaban J connectivity index is 1.78. The van der Waals surface area contributed by atoms with Crippen LogP contribution in [0.2, 0.25) is 0 Å². The molecule has 0 aliphatic carbocycles. The van der Waals surface area contributed by atoms with Crippen molar-refractivity contribution in [3.05, 3.63) is 78.1 Å². The molecule has 0 spiro atoms. The normalized spacial score (nSPS) is 15.7. The highest BCUT2D eigenvalue weighted by atomic mass is 15.2. The molecule has 1 unspecified atom stereocenters. The number of benzene rings is 2. The van der Waals surface area contributed by atoms with E-state index in [0.717, 1.165) is 23.5 Å². The third-order valence-electron chi connectivity index (χ3n) is 3.84. The first-order valence-electron chi connectivity index (χ1n) is 7.14. The predicted molar refractivity (Wildman–Crippen MR) is 88.1 cm³/mol. The van der Waals surface area contributed by atoms with Gasteiger partial charge in [0.2, 0.25) is 0 Å². The second-order valence-corrected chi connectivity index (χ2v) is 5.25. The van der Waals surface area contributed by atoms with Crippen molar-refractivity contribution >= 4 is 11.4 Å². The van der Waals surface area contributed by atoms with Crippen LogP contribution in [0.4, 0.5) is 5.69 Å². The van der Waals surface area contributed by atoms with Crippen LogP contribution in [0.1, 0.15) is 24.1 Å². The molecule has 0 saturated heterocycles. The van der Waals surface area contributed by atoms with E-state index in [0.29, 0.717) is 6.04 Å². The highest BCUT2D eigenvalue weighted by Gasteiger charge is 2.17. The Morgan fingerprint density at radius 1 is 1.05 bits per heavy atom. The van der Waals surface area contributed by atoms with Gasteiger partial charge in [0.25, 0.3) is 0 Å². The van der Waals surface area contributed by atoms with Crippen molar-refractivity contribution in [1.29, 1.82) is 0 Å². The molecule has 0 aromatic heterocycles. The summed E-state index contributed by atoms with van der Waals surface area (Å²) in [5.41, 5.74) is 10.0. The van der Waals surface area contributed by atoms with Crippen molar-refractivity contribution < 1.29 is 0 Å². The molecule has 3 nitrogen and oxygen atoms in total. The molecule has 106 valence electrons. The standard InChI is InChI=1S/C18H19N3/c1-14(15-5-3-2-4-6-15)21-12-11-20-18(13-21)16-7-9-17(19)10-8-16/h2-12,14H,13,19H2,1H3.